The second-order valence-electron chi connectivity index (χ2n) is 2.39. The average Bonchev–Trinajstić information content (AvgIpc) is 2.31. The van der Waals surface area contributed by atoms with Crippen LogP contribution >= 0.6 is 22.9 Å². The van der Waals surface area contributed by atoms with E-state index in [9.17, 15) is 0 Å². The molecule has 0 saturated carbocycles. The lowest BCUT2D eigenvalue weighted by atomic mass is 10.4. The summed E-state index contributed by atoms with van der Waals surface area (Å²) in [6, 6.07) is 0. The van der Waals surface area contributed by atoms with Gasteiger partial charge < -0.3 is 0 Å². The smallest absolute Gasteiger partial charge is 0.0998 e. The van der Waals surface area contributed by atoms with Gasteiger partial charge in [0.05, 0.1) is 15.6 Å². The van der Waals surface area contributed by atoms with Gasteiger partial charge in [-0.05, 0) is 13.8 Å². The van der Waals surface area contributed by atoms with Gasteiger partial charge >= 0.3 is 0 Å². The molecule has 0 aromatic carbocycles. The van der Waals surface area contributed by atoms with Crippen molar-refractivity contribution in [2.24, 2.45) is 0 Å². The minimum atomic E-state index is 0.601. The van der Waals surface area contributed by atoms with Crippen molar-refractivity contribution >= 4 is 22.9 Å². The van der Waals surface area contributed by atoms with E-state index in [1.807, 2.05) is 13.8 Å². The summed E-state index contributed by atoms with van der Waals surface area (Å²) in [6.07, 6.45) is 0.748. The minimum absolute atomic E-state index is 0.601. The summed E-state index contributed by atoms with van der Waals surface area (Å²) in [5, 5.41) is 1.07. The lowest BCUT2D eigenvalue weighted by Gasteiger charge is -1.81. The Kier molecular flexibility index (Phi) is 3.58. The zero-order chi connectivity index (χ0) is 8.97. The van der Waals surface area contributed by atoms with Gasteiger partial charge in [-0.1, -0.05) is 11.8 Å². The third-order valence-corrected chi connectivity index (χ3v) is 2.50. The van der Waals surface area contributed by atoms with Crippen molar-refractivity contribution in [2.45, 2.75) is 20.3 Å². The predicted octanol–water partition coefficient (Wildman–Crippen LogP) is 2.74. The van der Waals surface area contributed by atoms with Crippen LogP contribution in [0.5, 0.6) is 0 Å². The molecule has 1 aromatic heterocycles. The number of alkyl halides is 1. The molecule has 3 heteroatoms. The predicted molar refractivity (Wildman–Crippen MR) is 53.8 cm³/mol. The number of halogens is 1. The zero-order valence-corrected chi connectivity index (χ0v) is 8.72. The van der Waals surface area contributed by atoms with Crippen LogP contribution in [0.2, 0.25) is 0 Å². The van der Waals surface area contributed by atoms with Crippen LogP contribution < -0.4 is 0 Å². The molecular formula is C9H10ClNS. The van der Waals surface area contributed by atoms with Gasteiger partial charge in [-0.2, -0.15) is 0 Å². The maximum Gasteiger partial charge on any atom is 0.0998 e. The van der Waals surface area contributed by atoms with E-state index in [0.717, 1.165) is 22.0 Å². The number of aryl methyl sites for hydroxylation is 2. The van der Waals surface area contributed by atoms with E-state index in [-0.39, 0.29) is 0 Å². The first-order chi connectivity index (χ1) is 5.74. The molecule has 0 radical (unpaired) electrons. The number of rotatable bonds is 1. The summed E-state index contributed by atoms with van der Waals surface area (Å²) >= 11 is 7.14. The van der Waals surface area contributed by atoms with E-state index in [2.05, 4.69) is 16.8 Å². The highest BCUT2D eigenvalue weighted by Crippen LogP contribution is 2.15. The van der Waals surface area contributed by atoms with Crippen LogP contribution in [0.3, 0.4) is 0 Å². The first kappa shape index (κ1) is 9.57. The Morgan fingerprint density at radius 1 is 1.50 bits per heavy atom. The molecule has 0 aliphatic rings. The molecule has 1 nitrogen and oxygen atoms in total. The molecule has 0 N–H and O–H groups in total. The van der Waals surface area contributed by atoms with E-state index in [1.54, 1.807) is 11.3 Å². The summed E-state index contributed by atoms with van der Waals surface area (Å²) in [6.45, 7) is 3.97. The van der Waals surface area contributed by atoms with Crippen LogP contribution in [-0.4, -0.2) is 10.9 Å². The van der Waals surface area contributed by atoms with Crippen molar-refractivity contribution in [3.05, 3.63) is 15.6 Å². The van der Waals surface area contributed by atoms with E-state index in [0.29, 0.717) is 5.88 Å². The SMILES string of the molecule is Cc1nc(C)c(C#CCCCl)s1. The topological polar surface area (TPSA) is 12.9 Å². The molecule has 0 fully saturated rings. The molecule has 12 heavy (non-hydrogen) atoms. The van der Waals surface area contributed by atoms with Crippen molar-refractivity contribution in [1.29, 1.82) is 0 Å². The standard InChI is InChI=1S/C9H10ClNS/c1-7-9(5-3-4-6-10)12-8(2)11-7/h4,6H2,1-2H3. The Bertz CT molecular complexity index is 319. The fourth-order valence-corrected chi connectivity index (χ4v) is 1.73. The van der Waals surface area contributed by atoms with Crippen LogP contribution in [0.4, 0.5) is 0 Å². The largest absolute Gasteiger partial charge is 0.246 e. The fourth-order valence-electron chi connectivity index (χ4n) is 0.837. The van der Waals surface area contributed by atoms with Gasteiger partial charge in [-0.15, -0.1) is 22.9 Å². The Hall–Kier alpha value is -0.520. The van der Waals surface area contributed by atoms with Crippen LogP contribution in [0.15, 0.2) is 0 Å². The van der Waals surface area contributed by atoms with Crippen molar-refractivity contribution in [3.63, 3.8) is 0 Å². The Balaban J connectivity index is 2.76. The molecule has 0 spiro atoms. The van der Waals surface area contributed by atoms with Crippen LogP contribution in [-0.2, 0) is 0 Å². The number of nitrogens with zero attached hydrogens (tertiary/aromatic N) is 1. The van der Waals surface area contributed by atoms with Gasteiger partial charge in [0.25, 0.3) is 0 Å². The first-order valence-corrected chi connectivity index (χ1v) is 5.08. The zero-order valence-electron chi connectivity index (χ0n) is 7.15. The van der Waals surface area contributed by atoms with Gasteiger partial charge in [-0.25, -0.2) is 4.98 Å². The molecule has 1 heterocycles. The van der Waals surface area contributed by atoms with Gasteiger partial charge in [0.2, 0.25) is 0 Å². The molecule has 64 valence electrons. The van der Waals surface area contributed by atoms with Crippen LogP contribution in [0, 0.1) is 25.7 Å². The van der Waals surface area contributed by atoms with Gasteiger partial charge in [0.1, 0.15) is 0 Å². The number of hydrogen-bond acceptors (Lipinski definition) is 2. The average molecular weight is 200 g/mol. The third-order valence-electron chi connectivity index (χ3n) is 1.32. The fraction of sp³-hybridized carbons (Fsp3) is 0.444. The lowest BCUT2D eigenvalue weighted by molar-refractivity contribution is 1.19. The van der Waals surface area contributed by atoms with E-state index >= 15 is 0 Å². The van der Waals surface area contributed by atoms with Gasteiger partial charge in [-0.3, -0.25) is 0 Å². The minimum Gasteiger partial charge on any atom is -0.246 e. The van der Waals surface area contributed by atoms with Crippen molar-refractivity contribution < 1.29 is 0 Å². The second-order valence-corrected chi connectivity index (χ2v) is 3.97. The number of thiazole rings is 1. The molecule has 0 atom stereocenters. The summed E-state index contributed by atoms with van der Waals surface area (Å²) < 4.78 is 0. The quantitative estimate of drug-likeness (QED) is 0.501. The summed E-state index contributed by atoms with van der Waals surface area (Å²) in [5.41, 5.74) is 1.03. The summed E-state index contributed by atoms with van der Waals surface area (Å²) in [4.78, 5) is 5.34. The summed E-state index contributed by atoms with van der Waals surface area (Å²) in [7, 11) is 0. The maximum absolute atomic E-state index is 5.50. The highest BCUT2D eigenvalue weighted by molar-refractivity contribution is 7.12. The Morgan fingerprint density at radius 2 is 2.25 bits per heavy atom. The van der Waals surface area contributed by atoms with Gasteiger partial charge in [0.15, 0.2) is 0 Å². The van der Waals surface area contributed by atoms with Gasteiger partial charge in [0, 0.05) is 12.3 Å². The van der Waals surface area contributed by atoms with E-state index in [1.165, 1.54) is 0 Å². The monoisotopic (exact) mass is 199 g/mol. The highest BCUT2D eigenvalue weighted by atomic mass is 35.5. The van der Waals surface area contributed by atoms with Crippen LogP contribution in [0.25, 0.3) is 0 Å². The molecule has 1 rings (SSSR count). The third kappa shape index (κ3) is 2.51. The molecule has 0 aliphatic heterocycles. The van der Waals surface area contributed by atoms with Crippen molar-refractivity contribution in [3.8, 4) is 11.8 Å². The van der Waals surface area contributed by atoms with E-state index < -0.39 is 0 Å². The molecule has 0 saturated heterocycles. The Labute approximate surface area is 81.8 Å². The van der Waals surface area contributed by atoms with E-state index in [4.69, 9.17) is 11.6 Å². The molecule has 1 aromatic rings. The molecule has 0 amide bonds. The second kappa shape index (κ2) is 4.49. The number of hydrogen-bond donors (Lipinski definition) is 0. The highest BCUT2D eigenvalue weighted by Gasteiger charge is 1.99. The Morgan fingerprint density at radius 3 is 2.75 bits per heavy atom. The number of aromatic nitrogens is 1. The maximum atomic E-state index is 5.50. The molecule has 0 bridgehead atoms. The molecular weight excluding hydrogens is 190 g/mol. The molecule has 0 aliphatic carbocycles. The summed E-state index contributed by atoms with van der Waals surface area (Å²) in [5.74, 6) is 6.65. The molecule has 0 unspecified atom stereocenters. The van der Waals surface area contributed by atoms with Crippen molar-refractivity contribution in [1.82, 2.24) is 4.98 Å². The lowest BCUT2D eigenvalue weighted by Crippen LogP contribution is -1.75. The normalized spacial score (nSPS) is 9.25. The van der Waals surface area contributed by atoms with Crippen molar-refractivity contribution in [2.75, 3.05) is 5.88 Å². The van der Waals surface area contributed by atoms with Crippen LogP contribution in [0.1, 0.15) is 22.0 Å². The first-order valence-electron chi connectivity index (χ1n) is 3.73.